The molecule has 3 heterocycles. The SMILES string of the molecule is Cn1ncc2c(N[C@H](CN3CCCC3)c3ccccc3)ncnc21. The first-order valence-corrected chi connectivity index (χ1v) is 8.48. The maximum absolute atomic E-state index is 4.47. The van der Waals surface area contributed by atoms with Crippen LogP contribution in [-0.4, -0.2) is 44.3 Å². The monoisotopic (exact) mass is 322 g/mol. The van der Waals surface area contributed by atoms with Crippen LogP contribution < -0.4 is 5.32 Å². The van der Waals surface area contributed by atoms with Crippen molar-refractivity contribution in [2.75, 3.05) is 25.0 Å². The fraction of sp³-hybridized carbons (Fsp3) is 0.389. The van der Waals surface area contributed by atoms with E-state index in [2.05, 4.69) is 55.6 Å². The van der Waals surface area contributed by atoms with Crippen molar-refractivity contribution in [3.8, 4) is 0 Å². The maximum Gasteiger partial charge on any atom is 0.163 e. The van der Waals surface area contributed by atoms with E-state index in [-0.39, 0.29) is 6.04 Å². The fourth-order valence-corrected chi connectivity index (χ4v) is 3.39. The van der Waals surface area contributed by atoms with Gasteiger partial charge in [0.25, 0.3) is 0 Å². The highest BCUT2D eigenvalue weighted by atomic mass is 15.3. The highest BCUT2D eigenvalue weighted by Gasteiger charge is 2.20. The maximum atomic E-state index is 4.47. The molecule has 6 nitrogen and oxygen atoms in total. The Morgan fingerprint density at radius 2 is 1.92 bits per heavy atom. The minimum Gasteiger partial charge on any atom is -0.361 e. The second kappa shape index (κ2) is 6.57. The van der Waals surface area contributed by atoms with E-state index < -0.39 is 0 Å². The average molecular weight is 322 g/mol. The molecule has 24 heavy (non-hydrogen) atoms. The van der Waals surface area contributed by atoms with E-state index in [0.717, 1.165) is 23.4 Å². The number of hydrogen-bond acceptors (Lipinski definition) is 5. The second-order valence-corrected chi connectivity index (χ2v) is 6.34. The molecule has 1 aromatic carbocycles. The van der Waals surface area contributed by atoms with Gasteiger partial charge in [-0.1, -0.05) is 30.3 Å². The van der Waals surface area contributed by atoms with E-state index in [1.165, 1.54) is 31.5 Å². The van der Waals surface area contributed by atoms with Crippen LogP contribution in [0.4, 0.5) is 5.82 Å². The van der Waals surface area contributed by atoms with Crippen LogP contribution in [0.5, 0.6) is 0 Å². The zero-order valence-corrected chi connectivity index (χ0v) is 13.9. The summed E-state index contributed by atoms with van der Waals surface area (Å²) in [4.78, 5) is 11.3. The molecule has 4 rings (SSSR count). The van der Waals surface area contributed by atoms with Crippen LogP contribution in [-0.2, 0) is 7.05 Å². The molecule has 0 spiro atoms. The average Bonchev–Trinajstić information content (AvgIpc) is 3.26. The molecule has 0 bridgehead atoms. The molecule has 1 saturated heterocycles. The molecular weight excluding hydrogens is 300 g/mol. The van der Waals surface area contributed by atoms with Gasteiger partial charge in [0.05, 0.1) is 17.6 Å². The topological polar surface area (TPSA) is 58.9 Å². The van der Waals surface area contributed by atoms with Crippen LogP contribution in [0.15, 0.2) is 42.9 Å². The molecule has 0 unspecified atom stereocenters. The first-order valence-electron chi connectivity index (χ1n) is 8.48. The predicted octanol–water partition coefficient (Wildman–Crippen LogP) is 2.61. The van der Waals surface area contributed by atoms with Crippen molar-refractivity contribution in [2.45, 2.75) is 18.9 Å². The number of likely N-dealkylation sites (tertiary alicyclic amines) is 1. The molecule has 124 valence electrons. The van der Waals surface area contributed by atoms with Gasteiger partial charge in [0.2, 0.25) is 0 Å². The summed E-state index contributed by atoms with van der Waals surface area (Å²) < 4.78 is 1.78. The van der Waals surface area contributed by atoms with Crippen molar-refractivity contribution in [3.63, 3.8) is 0 Å². The summed E-state index contributed by atoms with van der Waals surface area (Å²) >= 11 is 0. The highest BCUT2D eigenvalue weighted by Crippen LogP contribution is 2.25. The summed E-state index contributed by atoms with van der Waals surface area (Å²) in [6.07, 6.45) is 6.02. The summed E-state index contributed by atoms with van der Waals surface area (Å²) in [5, 5.41) is 8.90. The number of aryl methyl sites for hydroxylation is 1. The normalized spacial score (nSPS) is 16.5. The molecule has 6 heteroatoms. The van der Waals surface area contributed by atoms with Crippen LogP contribution in [0.3, 0.4) is 0 Å². The number of nitrogens with zero attached hydrogens (tertiary/aromatic N) is 5. The van der Waals surface area contributed by atoms with Crippen LogP contribution >= 0.6 is 0 Å². The third kappa shape index (κ3) is 2.97. The van der Waals surface area contributed by atoms with Gasteiger partial charge in [0.15, 0.2) is 5.65 Å². The molecule has 0 amide bonds. The van der Waals surface area contributed by atoms with Crippen molar-refractivity contribution in [1.82, 2.24) is 24.6 Å². The molecule has 2 aromatic heterocycles. The highest BCUT2D eigenvalue weighted by molar-refractivity contribution is 5.86. The van der Waals surface area contributed by atoms with E-state index >= 15 is 0 Å². The minimum atomic E-state index is 0.197. The third-order valence-electron chi connectivity index (χ3n) is 4.68. The standard InChI is InChI=1S/C18H22N6/c1-23-18-15(11-21-23)17(19-13-20-18)22-16(12-24-9-5-6-10-24)14-7-3-2-4-8-14/h2-4,7-8,11,13,16H,5-6,9-10,12H2,1H3,(H,19,20,22)/t16-/m1/s1. The Labute approximate surface area is 141 Å². The summed E-state index contributed by atoms with van der Waals surface area (Å²) in [6.45, 7) is 3.34. The van der Waals surface area contributed by atoms with Crippen LogP contribution in [0.2, 0.25) is 0 Å². The molecule has 0 radical (unpaired) electrons. The van der Waals surface area contributed by atoms with Crippen LogP contribution in [0, 0.1) is 0 Å². The van der Waals surface area contributed by atoms with Gasteiger partial charge in [-0.05, 0) is 31.5 Å². The summed E-state index contributed by atoms with van der Waals surface area (Å²) in [6, 6.07) is 10.8. The predicted molar refractivity (Wildman–Crippen MR) is 94.8 cm³/mol. The molecule has 1 N–H and O–H groups in total. The van der Waals surface area contributed by atoms with Gasteiger partial charge < -0.3 is 10.2 Å². The second-order valence-electron chi connectivity index (χ2n) is 6.34. The molecule has 1 atom stereocenters. The van der Waals surface area contributed by atoms with Gasteiger partial charge in [-0.25, -0.2) is 9.97 Å². The zero-order chi connectivity index (χ0) is 16.4. The van der Waals surface area contributed by atoms with E-state index in [4.69, 9.17) is 0 Å². The summed E-state index contributed by atoms with van der Waals surface area (Å²) in [5.74, 6) is 0.848. The number of anilines is 1. The van der Waals surface area contributed by atoms with Gasteiger partial charge in [-0.3, -0.25) is 4.68 Å². The van der Waals surface area contributed by atoms with Crippen molar-refractivity contribution in [3.05, 3.63) is 48.4 Å². The van der Waals surface area contributed by atoms with E-state index in [0.29, 0.717) is 0 Å². The lowest BCUT2D eigenvalue weighted by Crippen LogP contribution is -2.29. The summed E-state index contributed by atoms with van der Waals surface area (Å²) in [7, 11) is 1.90. The Morgan fingerprint density at radius 1 is 1.12 bits per heavy atom. The van der Waals surface area contributed by atoms with E-state index in [1.54, 1.807) is 11.0 Å². The first-order chi connectivity index (χ1) is 11.8. The Kier molecular flexibility index (Phi) is 4.13. The van der Waals surface area contributed by atoms with Crippen molar-refractivity contribution < 1.29 is 0 Å². The summed E-state index contributed by atoms with van der Waals surface area (Å²) in [5.41, 5.74) is 2.13. The number of benzene rings is 1. The van der Waals surface area contributed by atoms with Crippen molar-refractivity contribution in [2.24, 2.45) is 7.05 Å². The number of fused-ring (bicyclic) bond motifs is 1. The quantitative estimate of drug-likeness (QED) is 0.782. The van der Waals surface area contributed by atoms with Gasteiger partial charge in [0, 0.05) is 13.6 Å². The molecule has 1 fully saturated rings. The van der Waals surface area contributed by atoms with Gasteiger partial charge in [-0.15, -0.1) is 0 Å². The fourth-order valence-electron chi connectivity index (χ4n) is 3.39. The lowest BCUT2D eigenvalue weighted by molar-refractivity contribution is 0.323. The zero-order valence-electron chi connectivity index (χ0n) is 13.9. The van der Waals surface area contributed by atoms with Gasteiger partial charge >= 0.3 is 0 Å². The van der Waals surface area contributed by atoms with Gasteiger partial charge in [-0.2, -0.15) is 5.10 Å². The number of rotatable bonds is 5. The minimum absolute atomic E-state index is 0.197. The van der Waals surface area contributed by atoms with E-state index in [9.17, 15) is 0 Å². The molecule has 1 aliphatic rings. The Morgan fingerprint density at radius 3 is 2.71 bits per heavy atom. The molecule has 0 aliphatic carbocycles. The Balaban J connectivity index is 1.65. The van der Waals surface area contributed by atoms with Gasteiger partial charge in [0.1, 0.15) is 12.1 Å². The third-order valence-corrected chi connectivity index (χ3v) is 4.68. The smallest absolute Gasteiger partial charge is 0.163 e. The number of hydrogen-bond donors (Lipinski definition) is 1. The van der Waals surface area contributed by atoms with Crippen LogP contribution in [0.25, 0.3) is 11.0 Å². The lowest BCUT2D eigenvalue weighted by atomic mass is 10.1. The van der Waals surface area contributed by atoms with Crippen molar-refractivity contribution >= 4 is 16.9 Å². The Hall–Kier alpha value is -2.47. The van der Waals surface area contributed by atoms with Crippen LogP contribution in [0.1, 0.15) is 24.4 Å². The number of aromatic nitrogens is 4. The number of nitrogens with one attached hydrogen (secondary N) is 1. The van der Waals surface area contributed by atoms with E-state index in [1.807, 2.05) is 13.2 Å². The molecule has 0 saturated carbocycles. The molecule has 1 aliphatic heterocycles. The molecular formula is C18H22N6. The van der Waals surface area contributed by atoms with Crippen molar-refractivity contribution in [1.29, 1.82) is 0 Å². The molecule has 3 aromatic rings. The largest absolute Gasteiger partial charge is 0.361 e. The first kappa shape index (κ1) is 15.1. The lowest BCUT2D eigenvalue weighted by Gasteiger charge is -2.25. The Bertz CT molecular complexity index is 807.